The topological polar surface area (TPSA) is 127 Å². The quantitative estimate of drug-likeness (QED) is 0.515. The van der Waals surface area contributed by atoms with Gasteiger partial charge in [-0.15, -0.1) is 0 Å². The van der Waals surface area contributed by atoms with Crippen LogP contribution in [0.5, 0.6) is 5.88 Å². The molecule has 160 valence electrons. The summed E-state index contributed by atoms with van der Waals surface area (Å²) in [5, 5.41) is 29.5. The Bertz CT molecular complexity index is 1090. The third-order valence-electron chi connectivity index (χ3n) is 4.80. The number of imidazole rings is 1. The minimum atomic E-state index is -1.18. The summed E-state index contributed by atoms with van der Waals surface area (Å²) in [6, 6.07) is 9.66. The third-order valence-corrected chi connectivity index (χ3v) is 4.80. The van der Waals surface area contributed by atoms with E-state index in [9.17, 15) is 19.8 Å². The number of aliphatic hydroxyl groups excluding tert-OH is 1. The number of furan rings is 1. The SMILES string of the molecule is CC(C)C(O)c1ccc(-n2c(COCc3ccc(C(=O)O)o3)c(O)n(C)c2=O)cc1. The zero-order valence-electron chi connectivity index (χ0n) is 16.9. The highest BCUT2D eigenvalue weighted by molar-refractivity contribution is 5.84. The molecular weight excluding hydrogens is 392 g/mol. The fourth-order valence-electron chi connectivity index (χ4n) is 3.07. The van der Waals surface area contributed by atoms with Crippen LogP contribution >= 0.6 is 0 Å². The molecule has 0 radical (unpaired) electrons. The van der Waals surface area contributed by atoms with E-state index in [1.807, 2.05) is 13.8 Å². The lowest BCUT2D eigenvalue weighted by molar-refractivity contribution is 0.0637. The first-order valence-corrected chi connectivity index (χ1v) is 9.38. The number of carboxylic acid groups (broad SMARTS) is 1. The molecule has 0 spiro atoms. The molecule has 30 heavy (non-hydrogen) atoms. The number of aromatic hydroxyl groups is 1. The molecule has 9 heteroatoms. The van der Waals surface area contributed by atoms with Gasteiger partial charge < -0.3 is 24.5 Å². The van der Waals surface area contributed by atoms with Crippen LogP contribution in [0.3, 0.4) is 0 Å². The summed E-state index contributed by atoms with van der Waals surface area (Å²) >= 11 is 0. The van der Waals surface area contributed by atoms with Gasteiger partial charge in [0, 0.05) is 7.05 Å². The predicted molar refractivity (Wildman–Crippen MR) is 107 cm³/mol. The zero-order valence-corrected chi connectivity index (χ0v) is 16.9. The van der Waals surface area contributed by atoms with Crippen molar-refractivity contribution in [2.24, 2.45) is 13.0 Å². The Kier molecular flexibility index (Phi) is 6.14. The van der Waals surface area contributed by atoms with Crippen LogP contribution in [0.25, 0.3) is 5.69 Å². The van der Waals surface area contributed by atoms with Crippen molar-refractivity contribution in [1.82, 2.24) is 9.13 Å². The number of benzene rings is 1. The Morgan fingerprint density at radius 3 is 2.37 bits per heavy atom. The van der Waals surface area contributed by atoms with Gasteiger partial charge in [0.25, 0.3) is 0 Å². The van der Waals surface area contributed by atoms with Gasteiger partial charge in [-0.3, -0.25) is 9.13 Å². The van der Waals surface area contributed by atoms with E-state index in [0.29, 0.717) is 11.4 Å². The van der Waals surface area contributed by atoms with Crippen LogP contribution in [0.4, 0.5) is 0 Å². The molecule has 1 unspecified atom stereocenters. The number of carboxylic acids is 1. The summed E-state index contributed by atoms with van der Waals surface area (Å²) < 4.78 is 13.1. The van der Waals surface area contributed by atoms with E-state index in [-0.39, 0.29) is 36.5 Å². The number of hydrogen-bond acceptors (Lipinski definition) is 6. The van der Waals surface area contributed by atoms with E-state index in [0.717, 1.165) is 10.1 Å². The molecule has 0 fully saturated rings. The number of rotatable bonds is 8. The Balaban J connectivity index is 1.83. The molecule has 9 nitrogen and oxygen atoms in total. The van der Waals surface area contributed by atoms with Crippen LogP contribution in [0, 0.1) is 5.92 Å². The summed E-state index contributed by atoms with van der Waals surface area (Å²) in [5.74, 6) is -1.26. The molecule has 0 aliphatic carbocycles. The number of aliphatic hydroxyl groups is 1. The Morgan fingerprint density at radius 1 is 1.13 bits per heavy atom. The molecular formula is C21H24N2O7. The molecule has 0 amide bonds. The summed E-state index contributed by atoms with van der Waals surface area (Å²) in [6.07, 6.45) is -0.619. The van der Waals surface area contributed by atoms with Crippen molar-refractivity contribution in [2.45, 2.75) is 33.2 Å². The van der Waals surface area contributed by atoms with E-state index in [2.05, 4.69) is 0 Å². The van der Waals surface area contributed by atoms with Crippen molar-refractivity contribution >= 4 is 5.97 Å². The van der Waals surface area contributed by atoms with Gasteiger partial charge in [0.2, 0.25) is 11.6 Å². The second kappa shape index (κ2) is 8.60. The van der Waals surface area contributed by atoms with Crippen molar-refractivity contribution < 1.29 is 29.3 Å². The Hall–Kier alpha value is -3.30. The van der Waals surface area contributed by atoms with E-state index in [1.54, 1.807) is 24.3 Å². The molecule has 3 aromatic rings. The van der Waals surface area contributed by atoms with Gasteiger partial charge in [0.05, 0.1) is 18.4 Å². The van der Waals surface area contributed by atoms with Gasteiger partial charge >= 0.3 is 11.7 Å². The average Bonchev–Trinajstić information content (AvgIpc) is 3.27. The lowest BCUT2D eigenvalue weighted by Gasteiger charge is -2.15. The normalized spacial score (nSPS) is 12.4. The molecule has 1 atom stereocenters. The van der Waals surface area contributed by atoms with Crippen LogP contribution in [0.15, 0.2) is 45.6 Å². The molecule has 0 saturated heterocycles. The minimum Gasteiger partial charge on any atom is -0.493 e. The van der Waals surface area contributed by atoms with Gasteiger partial charge in [0.15, 0.2) is 0 Å². The van der Waals surface area contributed by atoms with Crippen LogP contribution in [-0.2, 0) is 25.0 Å². The largest absolute Gasteiger partial charge is 0.493 e. The third kappa shape index (κ3) is 4.17. The first-order chi connectivity index (χ1) is 14.2. The molecule has 3 rings (SSSR count). The summed E-state index contributed by atoms with van der Waals surface area (Å²) in [5.41, 5.74) is 1.03. The lowest BCUT2D eigenvalue weighted by atomic mass is 9.99. The highest BCUT2D eigenvalue weighted by Gasteiger charge is 2.20. The van der Waals surface area contributed by atoms with Gasteiger partial charge in [0.1, 0.15) is 18.1 Å². The molecule has 2 heterocycles. The van der Waals surface area contributed by atoms with Crippen molar-refractivity contribution in [3.05, 3.63) is 69.7 Å². The Labute approximate surface area is 172 Å². The minimum absolute atomic E-state index is 0.0324. The van der Waals surface area contributed by atoms with Crippen molar-refractivity contribution in [1.29, 1.82) is 0 Å². The molecule has 0 aliphatic heterocycles. The van der Waals surface area contributed by atoms with Gasteiger partial charge in [-0.25, -0.2) is 9.59 Å². The maximum Gasteiger partial charge on any atom is 0.371 e. The molecule has 0 aliphatic rings. The van der Waals surface area contributed by atoms with Crippen LogP contribution < -0.4 is 5.69 Å². The first-order valence-electron chi connectivity index (χ1n) is 9.38. The van der Waals surface area contributed by atoms with Crippen LogP contribution in [-0.4, -0.2) is 30.4 Å². The molecule has 1 aromatic carbocycles. The van der Waals surface area contributed by atoms with Crippen LogP contribution in [0.2, 0.25) is 0 Å². The maximum atomic E-state index is 12.6. The van der Waals surface area contributed by atoms with E-state index in [1.165, 1.54) is 23.7 Å². The summed E-state index contributed by atoms with van der Waals surface area (Å²) in [4.78, 5) is 23.5. The highest BCUT2D eigenvalue weighted by Crippen LogP contribution is 2.25. The number of nitrogens with zero attached hydrogens (tertiary/aromatic N) is 2. The van der Waals surface area contributed by atoms with Gasteiger partial charge in [-0.1, -0.05) is 26.0 Å². The van der Waals surface area contributed by atoms with Crippen molar-refractivity contribution in [3.63, 3.8) is 0 Å². The molecule has 0 bridgehead atoms. The van der Waals surface area contributed by atoms with E-state index in [4.69, 9.17) is 14.3 Å². The predicted octanol–water partition coefficient (Wildman–Crippen LogP) is 2.58. The summed E-state index contributed by atoms with van der Waals surface area (Å²) in [6.45, 7) is 3.68. The molecule has 3 N–H and O–H groups in total. The molecule has 2 aromatic heterocycles. The van der Waals surface area contributed by atoms with E-state index >= 15 is 0 Å². The van der Waals surface area contributed by atoms with Gasteiger partial charge in [-0.05, 0) is 35.7 Å². The first kappa shape index (κ1) is 21.4. The lowest BCUT2D eigenvalue weighted by Crippen LogP contribution is -2.22. The number of hydrogen-bond donors (Lipinski definition) is 3. The average molecular weight is 416 g/mol. The summed E-state index contributed by atoms with van der Waals surface area (Å²) in [7, 11) is 1.44. The van der Waals surface area contributed by atoms with Crippen LogP contribution in [0.1, 0.15) is 47.5 Å². The second-order valence-electron chi connectivity index (χ2n) is 7.29. The standard InChI is InChI=1S/C21H24N2O7/c1-12(2)18(24)13-4-6-14(7-5-13)23-16(19(25)22(3)21(23)28)11-29-10-15-8-9-17(30-15)20(26)27/h4-9,12,18,24-25H,10-11H2,1-3H3,(H,26,27). The Morgan fingerprint density at radius 2 is 1.80 bits per heavy atom. The highest BCUT2D eigenvalue weighted by atomic mass is 16.5. The fraction of sp³-hybridized carbons (Fsp3) is 0.333. The van der Waals surface area contributed by atoms with Crippen molar-refractivity contribution in [2.75, 3.05) is 0 Å². The smallest absolute Gasteiger partial charge is 0.371 e. The van der Waals surface area contributed by atoms with Gasteiger partial charge in [-0.2, -0.15) is 0 Å². The van der Waals surface area contributed by atoms with E-state index < -0.39 is 17.8 Å². The number of carbonyl (C=O) groups is 1. The number of ether oxygens (including phenoxy) is 1. The fourth-order valence-corrected chi connectivity index (χ4v) is 3.07. The zero-order chi connectivity index (χ0) is 22.0. The molecule has 0 saturated carbocycles. The number of aromatic nitrogens is 2. The monoisotopic (exact) mass is 416 g/mol. The van der Waals surface area contributed by atoms with Crippen molar-refractivity contribution in [3.8, 4) is 11.6 Å². The second-order valence-corrected chi connectivity index (χ2v) is 7.29. The maximum absolute atomic E-state index is 12.6. The number of aromatic carboxylic acids is 1.